The first-order valence-electron chi connectivity index (χ1n) is 20.7. The van der Waals surface area contributed by atoms with Crippen LogP contribution in [-0.4, -0.2) is 291 Å². The van der Waals surface area contributed by atoms with Crippen molar-refractivity contribution in [2.45, 2.75) is 198 Å². The van der Waals surface area contributed by atoms with Gasteiger partial charge in [-0.3, -0.25) is 0 Å². The van der Waals surface area contributed by atoms with Crippen molar-refractivity contribution >= 4 is 0 Å². The molecule has 1 unspecified atom stereocenters. The fraction of sp³-hybridized carbons (Fsp3) is 1.00. The molecule has 29 atom stereocenters. The smallest absolute Gasteiger partial charge is 0.187 e. The van der Waals surface area contributed by atoms with Crippen molar-refractivity contribution in [2.24, 2.45) is 0 Å². The zero-order valence-corrected chi connectivity index (χ0v) is 34.4. The lowest BCUT2D eigenvalue weighted by molar-refractivity contribution is -0.411. The molecule has 6 aliphatic heterocycles. The van der Waals surface area contributed by atoms with Crippen LogP contribution >= 0.6 is 0 Å². The van der Waals surface area contributed by atoms with E-state index >= 15 is 0 Å². The predicted octanol–water partition coefficient (Wildman–Crippen LogP) is -11.0. The first-order valence-corrected chi connectivity index (χ1v) is 20.7. The molecule has 28 heteroatoms. The first-order chi connectivity index (χ1) is 30.3. The van der Waals surface area contributed by atoms with Crippen LogP contribution in [0.5, 0.6) is 0 Å². The van der Waals surface area contributed by atoms with Crippen molar-refractivity contribution in [3.05, 3.63) is 0 Å². The van der Waals surface area contributed by atoms with Crippen molar-refractivity contribution in [3.63, 3.8) is 0 Å². The molecule has 6 aliphatic rings. The molecular weight excluding hydrogens is 880 g/mol. The zero-order chi connectivity index (χ0) is 47.1. The molecule has 374 valence electrons. The fourth-order valence-corrected chi connectivity index (χ4v) is 8.27. The number of hydrogen-bond acceptors (Lipinski definition) is 28. The molecule has 28 nitrogen and oxygen atoms in total. The van der Waals surface area contributed by atoms with E-state index < -0.39 is 205 Å². The molecule has 0 aliphatic carbocycles. The van der Waals surface area contributed by atoms with Gasteiger partial charge in [-0.25, -0.2) is 0 Å². The average molecular weight is 943 g/mol. The molecule has 0 radical (unpaired) electrons. The van der Waals surface area contributed by atoms with Gasteiger partial charge in [-0.15, -0.1) is 0 Å². The Morgan fingerprint density at radius 2 is 0.734 bits per heavy atom. The Morgan fingerprint density at radius 1 is 0.328 bits per heavy atom. The molecule has 0 saturated carbocycles. The van der Waals surface area contributed by atoms with Gasteiger partial charge in [0.25, 0.3) is 0 Å². The van der Waals surface area contributed by atoms with Crippen LogP contribution in [0, 0.1) is 0 Å². The summed E-state index contributed by atoms with van der Waals surface area (Å²) in [6, 6.07) is 0. The summed E-state index contributed by atoms with van der Waals surface area (Å²) in [5, 5.41) is 181. The standard InChI is InChI=1S/C36H62O28/c1-8-10(41)3-11(42)32(54-8)60-26-16(43)9(2)55-34(25(26)52)62-28-22(49)18(45)14(6-39)59-36(28)63-29-23(50)19(46)13(5-38)58-35(29)61-27-20(47)15(7-40)56-31(53)30(27)64-33-24(51)21(48)17(44)12(4-37)57-33/h8-53H,3-7H2,1-2H3/t8-,9+,10-,11-,12-,13-,14-,15-,16+,17-,18-,19-,20-,21+,22+,23+,24-,25-,26-,27+,28+,29+,30-,31?,32-,33-,34+,35-,36-/m1/s1. The summed E-state index contributed by atoms with van der Waals surface area (Å²) in [4.78, 5) is 0. The molecule has 6 heterocycles. The number of ether oxygens (including phenoxy) is 11. The minimum Gasteiger partial charge on any atom is -0.394 e. The third kappa shape index (κ3) is 10.7. The first kappa shape index (κ1) is 52.3. The van der Waals surface area contributed by atoms with Gasteiger partial charge < -0.3 is 139 Å². The Bertz CT molecular complexity index is 1440. The second-order valence-electron chi connectivity index (χ2n) is 16.6. The lowest BCUT2D eigenvalue weighted by atomic mass is 9.95. The number of rotatable bonds is 14. The van der Waals surface area contributed by atoms with Crippen molar-refractivity contribution in [1.82, 2.24) is 0 Å². The van der Waals surface area contributed by atoms with Gasteiger partial charge in [-0.05, 0) is 13.8 Å². The van der Waals surface area contributed by atoms with Gasteiger partial charge in [0.1, 0.15) is 122 Å². The summed E-state index contributed by atoms with van der Waals surface area (Å²) in [5.74, 6) is 0. The van der Waals surface area contributed by atoms with Crippen LogP contribution in [0.15, 0.2) is 0 Å². The molecule has 0 spiro atoms. The van der Waals surface area contributed by atoms with Crippen LogP contribution in [0.4, 0.5) is 0 Å². The molecule has 0 aromatic heterocycles. The third-order valence-electron chi connectivity index (χ3n) is 12.2. The van der Waals surface area contributed by atoms with Gasteiger partial charge in [-0.1, -0.05) is 0 Å². The van der Waals surface area contributed by atoms with Gasteiger partial charge in [0, 0.05) is 6.42 Å². The lowest BCUT2D eigenvalue weighted by Crippen LogP contribution is -2.68. The Morgan fingerprint density at radius 3 is 1.27 bits per heavy atom. The Labute approximate surface area is 363 Å². The van der Waals surface area contributed by atoms with Crippen molar-refractivity contribution in [1.29, 1.82) is 0 Å². The zero-order valence-electron chi connectivity index (χ0n) is 34.4. The van der Waals surface area contributed by atoms with Crippen LogP contribution < -0.4 is 0 Å². The largest absolute Gasteiger partial charge is 0.394 e. The summed E-state index contributed by atoms with van der Waals surface area (Å²) in [7, 11) is 0. The normalized spacial score (nSPS) is 54.1. The van der Waals surface area contributed by atoms with Crippen molar-refractivity contribution in [3.8, 4) is 0 Å². The monoisotopic (exact) mass is 942 g/mol. The molecule has 0 amide bonds. The van der Waals surface area contributed by atoms with Crippen LogP contribution in [0.25, 0.3) is 0 Å². The van der Waals surface area contributed by atoms with Crippen molar-refractivity contribution in [2.75, 3.05) is 26.4 Å². The van der Waals surface area contributed by atoms with E-state index in [1.807, 2.05) is 0 Å². The summed E-state index contributed by atoms with van der Waals surface area (Å²) in [6.07, 6.45) is -52.2. The molecule has 0 aromatic carbocycles. The van der Waals surface area contributed by atoms with E-state index in [9.17, 15) is 86.8 Å². The highest BCUT2D eigenvalue weighted by Crippen LogP contribution is 2.37. The van der Waals surface area contributed by atoms with E-state index in [4.69, 9.17) is 52.1 Å². The van der Waals surface area contributed by atoms with E-state index in [1.165, 1.54) is 13.8 Å². The quantitative estimate of drug-likeness (QED) is 0.0769. The van der Waals surface area contributed by atoms with Crippen LogP contribution in [-0.2, 0) is 52.1 Å². The van der Waals surface area contributed by atoms with Gasteiger partial charge in [0.05, 0.1) is 44.7 Å². The maximum Gasteiger partial charge on any atom is 0.187 e. The van der Waals surface area contributed by atoms with Gasteiger partial charge in [0.2, 0.25) is 0 Å². The van der Waals surface area contributed by atoms with E-state index in [2.05, 4.69) is 0 Å². The Kier molecular flexibility index (Phi) is 18.0. The summed E-state index contributed by atoms with van der Waals surface area (Å²) in [5.41, 5.74) is 0. The molecule has 64 heavy (non-hydrogen) atoms. The van der Waals surface area contributed by atoms with Crippen LogP contribution in [0.3, 0.4) is 0 Å². The van der Waals surface area contributed by atoms with E-state index in [0.29, 0.717) is 0 Å². The second-order valence-corrected chi connectivity index (χ2v) is 16.6. The minimum absolute atomic E-state index is 0.178. The molecule has 0 aromatic rings. The topological polar surface area (TPSA) is 445 Å². The Balaban J connectivity index is 1.27. The maximum absolute atomic E-state index is 11.5. The summed E-state index contributed by atoms with van der Waals surface area (Å²) < 4.78 is 62.7. The van der Waals surface area contributed by atoms with E-state index in [1.54, 1.807) is 0 Å². The average Bonchev–Trinajstić information content (AvgIpc) is 3.27. The maximum atomic E-state index is 11.5. The highest BCUT2D eigenvalue weighted by molar-refractivity contribution is 4.99. The summed E-state index contributed by atoms with van der Waals surface area (Å²) >= 11 is 0. The molecule has 6 fully saturated rings. The molecule has 0 bridgehead atoms. The molecule has 17 N–H and O–H groups in total. The van der Waals surface area contributed by atoms with Gasteiger partial charge in [0.15, 0.2) is 37.7 Å². The summed E-state index contributed by atoms with van der Waals surface area (Å²) in [6.45, 7) is -0.943. The molecule has 6 rings (SSSR count). The van der Waals surface area contributed by atoms with E-state index in [-0.39, 0.29) is 6.42 Å². The second kappa shape index (κ2) is 22.1. The molecule has 6 saturated heterocycles. The molecular formula is C36H62O28. The van der Waals surface area contributed by atoms with Crippen molar-refractivity contribution < 1.29 is 139 Å². The van der Waals surface area contributed by atoms with Crippen LogP contribution in [0.1, 0.15) is 20.3 Å². The number of aliphatic hydroxyl groups is 17. The Hall–Kier alpha value is -1.12. The third-order valence-corrected chi connectivity index (χ3v) is 12.2. The SMILES string of the molecule is C[C@@H]1O[C@@H](O[C@@H]2[C@@H](O[C@@H]3[C@@H](O[C@H]4[C@H](O)[C@@H](CO)OC(O)[C@@H]4O[C@H]4O[C@H](CO)[C@@H](O)[C@H](O)[C@H]4O)O[C@H](CO)[C@@H](O)[C@@H]3O)O[C@H](CO)[C@@H](O)[C@@H]2O)[C@H](O)[C@H](O[C@H]2O[C@H](C)[C@H](O)C[C@H]2O)[C@H]1O. The minimum atomic E-state index is -2.16. The number of hydrogen-bond donors (Lipinski definition) is 17. The van der Waals surface area contributed by atoms with Gasteiger partial charge >= 0.3 is 0 Å². The highest BCUT2D eigenvalue weighted by Gasteiger charge is 2.57. The highest BCUT2D eigenvalue weighted by atomic mass is 16.8. The lowest BCUT2D eigenvalue weighted by Gasteiger charge is -2.50. The predicted molar refractivity (Wildman–Crippen MR) is 195 cm³/mol. The number of aliphatic hydroxyl groups excluding tert-OH is 17. The fourth-order valence-electron chi connectivity index (χ4n) is 8.27. The van der Waals surface area contributed by atoms with Gasteiger partial charge in [-0.2, -0.15) is 0 Å². The van der Waals surface area contributed by atoms with Crippen LogP contribution in [0.2, 0.25) is 0 Å². The van der Waals surface area contributed by atoms with E-state index in [0.717, 1.165) is 0 Å².